The van der Waals surface area contributed by atoms with Crippen molar-refractivity contribution < 1.29 is 14.1 Å². The number of carbonyl (C=O) groups is 2. The molecule has 28 heavy (non-hydrogen) atoms. The second-order valence-corrected chi connectivity index (χ2v) is 7.70. The fourth-order valence-corrected chi connectivity index (χ4v) is 3.66. The largest absolute Gasteiger partial charge is 0.361 e. The summed E-state index contributed by atoms with van der Waals surface area (Å²) in [5, 5.41) is 4.68. The van der Waals surface area contributed by atoms with Crippen LogP contribution in [0.25, 0.3) is 0 Å². The molecule has 0 saturated heterocycles. The van der Waals surface area contributed by atoms with Crippen LogP contribution in [-0.4, -0.2) is 16.7 Å². The van der Waals surface area contributed by atoms with E-state index in [1.165, 1.54) is 6.20 Å². The molecule has 6 heteroatoms. The third-order valence-corrected chi connectivity index (χ3v) is 4.98. The molecule has 0 aliphatic heterocycles. The molecule has 2 aromatic carbocycles. The highest BCUT2D eigenvalue weighted by atomic mass is 35.5. The van der Waals surface area contributed by atoms with Crippen molar-refractivity contribution in [1.29, 1.82) is 0 Å². The number of carbonyl (C=O) groups excluding carboxylic acids is 2. The summed E-state index contributed by atoms with van der Waals surface area (Å²) in [4.78, 5) is 25.0. The van der Waals surface area contributed by atoms with Crippen LogP contribution in [0.1, 0.15) is 38.4 Å². The van der Waals surface area contributed by atoms with Crippen LogP contribution in [0.15, 0.2) is 47.1 Å². The highest BCUT2D eigenvalue weighted by Crippen LogP contribution is 2.21. The average Bonchev–Trinajstić information content (AvgIpc) is 3.03. The molecule has 0 bridgehead atoms. The van der Waals surface area contributed by atoms with Gasteiger partial charge in [-0.15, -0.1) is 0 Å². The zero-order valence-corrected chi connectivity index (χ0v) is 17.1. The number of hydrogen-bond acceptors (Lipinski definition) is 4. The van der Waals surface area contributed by atoms with Gasteiger partial charge in [0.1, 0.15) is 11.5 Å². The summed E-state index contributed by atoms with van der Waals surface area (Å²) < 4.78 is 4.97. The molecule has 0 saturated carbocycles. The minimum Gasteiger partial charge on any atom is -0.361 e. The lowest BCUT2D eigenvalue weighted by Gasteiger charge is -2.09. The maximum atomic E-state index is 12.5. The van der Waals surface area contributed by atoms with Gasteiger partial charge in [-0.2, -0.15) is 0 Å². The molecule has 0 amide bonds. The van der Waals surface area contributed by atoms with Crippen LogP contribution in [0.2, 0.25) is 10.0 Å². The lowest BCUT2D eigenvalue weighted by atomic mass is 9.95. The van der Waals surface area contributed by atoms with Gasteiger partial charge in [-0.1, -0.05) is 46.6 Å². The summed E-state index contributed by atoms with van der Waals surface area (Å²) >= 11 is 12.0. The normalized spacial score (nSPS) is 10.9. The number of rotatable bonds is 7. The Bertz CT molecular complexity index is 1020. The highest BCUT2D eigenvalue weighted by Gasteiger charge is 2.15. The van der Waals surface area contributed by atoms with E-state index in [9.17, 15) is 9.59 Å². The molecule has 3 rings (SSSR count). The summed E-state index contributed by atoms with van der Waals surface area (Å²) in [6.07, 6.45) is 2.20. The predicted molar refractivity (Wildman–Crippen MR) is 109 cm³/mol. The molecule has 0 aliphatic rings. The summed E-state index contributed by atoms with van der Waals surface area (Å²) in [5.74, 6) is 0.502. The molecular weight excluding hydrogens is 397 g/mol. The molecule has 0 unspecified atom stereocenters. The quantitative estimate of drug-likeness (QED) is 0.486. The van der Waals surface area contributed by atoms with Crippen molar-refractivity contribution in [2.75, 3.05) is 0 Å². The number of halogens is 2. The van der Waals surface area contributed by atoms with Crippen molar-refractivity contribution in [1.82, 2.24) is 5.16 Å². The maximum absolute atomic E-state index is 12.5. The molecule has 0 N–H and O–H groups in total. The van der Waals surface area contributed by atoms with Crippen LogP contribution in [0, 0.1) is 13.8 Å². The van der Waals surface area contributed by atoms with Crippen LogP contribution in [0.3, 0.4) is 0 Å². The minimum absolute atomic E-state index is 0.0503. The van der Waals surface area contributed by atoms with Crippen molar-refractivity contribution in [3.63, 3.8) is 0 Å². The molecule has 0 radical (unpaired) electrons. The van der Waals surface area contributed by atoms with Gasteiger partial charge >= 0.3 is 0 Å². The van der Waals surface area contributed by atoms with Gasteiger partial charge in [0.25, 0.3) is 0 Å². The fraction of sp³-hybridized carbons (Fsp3) is 0.227. The Labute approximate surface area is 173 Å². The molecule has 3 aromatic rings. The van der Waals surface area contributed by atoms with Gasteiger partial charge < -0.3 is 4.52 Å². The van der Waals surface area contributed by atoms with Gasteiger partial charge in [-0.25, -0.2) is 0 Å². The fourth-order valence-electron chi connectivity index (χ4n) is 3.09. The van der Waals surface area contributed by atoms with Crippen LogP contribution in [0.5, 0.6) is 0 Å². The molecule has 0 spiro atoms. The molecular formula is C22H19Cl2NO3. The number of aromatic nitrogens is 1. The zero-order chi connectivity index (χ0) is 20.3. The Morgan fingerprint density at radius 1 is 0.929 bits per heavy atom. The first kappa shape index (κ1) is 20.3. The molecule has 144 valence electrons. The Hall–Kier alpha value is -2.43. The van der Waals surface area contributed by atoms with Crippen LogP contribution in [0.4, 0.5) is 0 Å². The molecule has 1 heterocycles. The van der Waals surface area contributed by atoms with Gasteiger partial charge in [0, 0.05) is 29.3 Å². The third kappa shape index (κ3) is 5.09. The van der Waals surface area contributed by atoms with Gasteiger partial charge in [-0.3, -0.25) is 9.59 Å². The lowest BCUT2D eigenvalue weighted by Crippen LogP contribution is -2.09. The van der Waals surface area contributed by atoms with Gasteiger partial charge in [-0.05, 0) is 54.3 Å². The summed E-state index contributed by atoms with van der Waals surface area (Å²) in [6, 6.07) is 10.9. The number of ketones is 2. The number of aryl methyl sites for hydroxylation is 2. The first-order chi connectivity index (χ1) is 13.3. The van der Waals surface area contributed by atoms with E-state index < -0.39 is 0 Å². The van der Waals surface area contributed by atoms with E-state index in [0.29, 0.717) is 21.4 Å². The smallest absolute Gasteiger partial charge is 0.172 e. The summed E-state index contributed by atoms with van der Waals surface area (Å²) in [7, 11) is 0. The van der Waals surface area contributed by atoms with Gasteiger partial charge in [0.05, 0.1) is 11.8 Å². The number of nitrogens with zero attached hydrogens (tertiary/aromatic N) is 1. The minimum atomic E-state index is -0.0566. The maximum Gasteiger partial charge on any atom is 0.172 e. The molecule has 0 fully saturated rings. The first-order valence-electron chi connectivity index (χ1n) is 8.81. The van der Waals surface area contributed by atoms with E-state index in [4.69, 9.17) is 27.7 Å². The molecule has 0 atom stereocenters. The monoisotopic (exact) mass is 415 g/mol. The molecule has 0 aliphatic carbocycles. The SMILES string of the molecule is Cc1ccc(CC(=O)Cc2cc(Cl)cc(Cl)c2)cc1CC(=O)c1cnoc1C. The van der Waals surface area contributed by atoms with Crippen LogP contribution in [-0.2, 0) is 24.1 Å². The van der Waals surface area contributed by atoms with Crippen molar-refractivity contribution >= 4 is 34.8 Å². The van der Waals surface area contributed by atoms with E-state index in [-0.39, 0.29) is 30.8 Å². The summed E-state index contributed by atoms with van der Waals surface area (Å²) in [6.45, 7) is 3.66. The van der Waals surface area contributed by atoms with Crippen LogP contribution >= 0.6 is 23.2 Å². The van der Waals surface area contributed by atoms with E-state index in [1.54, 1.807) is 25.1 Å². The van der Waals surface area contributed by atoms with E-state index >= 15 is 0 Å². The van der Waals surface area contributed by atoms with Crippen molar-refractivity contribution in [3.8, 4) is 0 Å². The third-order valence-electron chi connectivity index (χ3n) is 4.54. The Balaban J connectivity index is 1.71. The van der Waals surface area contributed by atoms with Crippen molar-refractivity contribution in [2.45, 2.75) is 33.1 Å². The second kappa shape index (κ2) is 8.72. The van der Waals surface area contributed by atoms with Crippen LogP contribution < -0.4 is 0 Å². The van der Waals surface area contributed by atoms with E-state index in [0.717, 1.165) is 22.3 Å². The van der Waals surface area contributed by atoms with Crippen molar-refractivity contribution in [3.05, 3.63) is 86.2 Å². The Morgan fingerprint density at radius 2 is 1.61 bits per heavy atom. The first-order valence-corrected chi connectivity index (χ1v) is 9.57. The highest BCUT2D eigenvalue weighted by molar-refractivity contribution is 6.34. The Kier molecular flexibility index (Phi) is 6.32. The Morgan fingerprint density at radius 3 is 2.25 bits per heavy atom. The van der Waals surface area contributed by atoms with Gasteiger partial charge in [0.15, 0.2) is 5.78 Å². The number of Topliss-reactive ketones (excluding diaryl/α,β-unsaturated/α-hetero) is 2. The van der Waals surface area contributed by atoms with E-state index in [1.807, 2.05) is 25.1 Å². The lowest BCUT2D eigenvalue weighted by molar-refractivity contribution is -0.117. The number of benzene rings is 2. The predicted octanol–water partition coefficient (Wildman–Crippen LogP) is 5.38. The van der Waals surface area contributed by atoms with Crippen molar-refractivity contribution in [2.24, 2.45) is 0 Å². The number of hydrogen-bond donors (Lipinski definition) is 0. The summed E-state index contributed by atoms with van der Waals surface area (Å²) in [5.41, 5.74) is 4.03. The second-order valence-electron chi connectivity index (χ2n) is 6.83. The average molecular weight is 416 g/mol. The topological polar surface area (TPSA) is 60.2 Å². The zero-order valence-electron chi connectivity index (χ0n) is 15.6. The molecule has 1 aromatic heterocycles. The standard InChI is InChI=1S/C22H19Cl2NO3/c1-13-3-4-15(5-17(13)10-22(27)21-12-25-28-14(21)2)8-20(26)9-16-6-18(23)11-19(24)7-16/h3-7,11-12H,8-10H2,1-2H3. The van der Waals surface area contributed by atoms with Gasteiger partial charge in [0.2, 0.25) is 0 Å². The molecule has 4 nitrogen and oxygen atoms in total. The van der Waals surface area contributed by atoms with E-state index in [2.05, 4.69) is 5.16 Å².